The van der Waals surface area contributed by atoms with Crippen LogP contribution in [0.1, 0.15) is 31.2 Å². The highest BCUT2D eigenvalue weighted by atomic mass is 35.5. The molecule has 0 radical (unpaired) electrons. The summed E-state index contributed by atoms with van der Waals surface area (Å²) in [7, 11) is 3.24. The van der Waals surface area contributed by atoms with E-state index in [0.717, 1.165) is 88.1 Å². The van der Waals surface area contributed by atoms with Crippen LogP contribution in [0.3, 0.4) is 0 Å². The Morgan fingerprint density at radius 2 is 0.962 bits per heavy atom. The molecule has 7 N–H and O–H groups in total. The predicted octanol–water partition coefficient (Wildman–Crippen LogP) is 9.19. The highest BCUT2D eigenvalue weighted by Crippen LogP contribution is 2.28. The number of ether oxygens (including phenoxy) is 8. The first-order chi connectivity index (χ1) is 38.1. The average molecular weight is 1200 g/mol. The quantitative estimate of drug-likeness (QED) is 0.0282. The Morgan fingerprint density at radius 1 is 0.557 bits per heavy atom. The van der Waals surface area contributed by atoms with Gasteiger partial charge < -0.3 is 79.2 Å². The number of rotatable bonds is 22. The molecular weight excluding hydrogens is 1120 g/mol. The molecule has 79 heavy (non-hydrogen) atoms. The first-order valence-corrected chi connectivity index (χ1v) is 28.3. The summed E-state index contributed by atoms with van der Waals surface area (Å²) >= 11 is 28.9. The van der Waals surface area contributed by atoms with E-state index < -0.39 is 18.3 Å². The summed E-state index contributed by atoms with van der Waals surface area (Å²) in [5.74, 6) is 5.35. The fourth-order valence-corrected chi connectivity index (χ4v) is 8.38. The number of hydrogen-bond acceptors (Lipinski definition) is 16. The van der Waals surface area contributed by atoms with Gasteiger partial charge in [-0.15, -0.1) is 11.6 Å². The Kier molecular flexibility index (Phi) is 30.1. The van der Waals surface area contributed by atoms with Crippen LogP contribution in [0.4, 0.5) is 0 Å². The molecule has 436 valence electrons. The molecule has 0 unspecified atom stereocenters. The molecule has 4 heterocycles. The molecule has 4 aliphatic heterocycles. The number of β-amino-alcohol motifs (C(OH)–C–C–N with tert-alkyl or cyclic N) is 2. The maximum atomic E-state index is 10.3. The maximum absolute atomic E-state index is 10.3. The molecule has 0 bridgehead atoms. The van der Waals surface area contributed by atoms with Crippen LogP contribution >= 0.6 is 58.0 Å². The number of nitrogens with two attached hydrogens (primary N) is 1. The largest absolute Gasteiger partial charge is 0.508 e. The topological polar surface area (TPSA) is 206 Å². The number of benzene rings is 5. The van der Waals surface area contributed by atoms with Gasteiger partial charge in [-0.25, -0.2) is 0 Å². The van der Waals surface area contributed by atoms with Crippen molar-refractivity contribution in [2.24, 2.45) is 5.73 Å². The summed E-state index contributed by atoms with van der Waals surface area (Å²) < 4.78 is 41.9. The number of phenols is 1. The van der Waals surface area contributed by atoms with Gasteiger partial charge in [-0.05, 0) is 144 Å². The lowest BCUT2D eigenvalue weighted by molar-refractivity contribution is 0.0556. The summed E-state index contributed by atoms with van der Waals surface area (Å²) in [6.45, 7) is 10.4. The summed E-state index contributed by atoms with van der Waals surface area (Å²) in [6.07, 6.45) is 2.93. The zero-order chi connectivity index (χ0) is 56.9. The minimum atomic E-state index is -0.588. The third-order valence-electron chi connectivity index (χ3n) is 12.5. The van der Waals surface area contributed by atoms with Crippen LogP contribution in [-0.2, 0) is 9.47 Å². The predicted molar refractivity (Wildman–Crippen MR) is 313 cm³/mol. The van der Waals surface area contributed by atoms with Crippen molar-refractivity contribution in [3.8, 4) is 40.2 Å². The number of aliphatic hydroxyl groups excluding tert-OH is 3. The second kappa shape index (κ2) is 36.3. The number of hydrogen-bond donors (Lipinski definition) is 6. The molecule has 21 heteroatoms. The van der Waals surface area contributed by atoms with E-state index in [-0.39, 0.29) is 25.6 Å². The molecule has 0 aromatic heterocycles. The molecule has 4 fully saturated rings. The Labute approximate surface area is 490 Å². The Balaban J connectivity index is 0.000000206. The maximum Gasteiger partial charge on any atom is 0.121 e. The van der Waals surface area contributed by atoms with Crippen molar-refractivity contribution in [3.05, 3.63) is 135 Å². The van der Waals surface area contributed by atoms with Crippen LogP contribution in [-0.4, -0.2) is 178 Å². The average Bonchev–Trinajstić information content (AvgIpc) is 4.42. The number of aromatic hydroxyl groups is 1. The van der Waals surface area contributed by atoms with Gasteiger partial charge in [0.25, 0.3) is 0 Å². The van der Waals surface area contributed by atoms with Crippen molar-refractivity contribution >= 4 is 58.0 Å². The molecule has 0 amide bonds. The fourth-order valence-electron chi connectivity index (χ4n) is 7.63. The first kappa shape index (κ1) is 65.6. The molecule has 16 nitrogen and oxygen atoms in total. The number of nitrogens with one attached hydrogen (secondary N) is 1. The van der Waals surface area contributed by atoms with Crippen molar-refractivity contribution in [2.45, 2.75) is 75.2 Å². The van der Waals surface area contributed by atoms with Crippen LogP contribution in [0.2, 0.25) is 20.1 Å². The Hall–Kier alpha value is -4.21. The van der Waals surface area contributed by atoms with Crippen LogP contribution in [0.5, 0.6) is 40.2 Å². The number of halogens is 5. The van der Waals surface area contributed by atoms with Gasteiger partial charge in [-0.3, -0.25) is 0 Å². The number of likely N-dealkylation sites (tertiary alicyclic amines) is 2. The van der Waals surface area contributed by atoms with Gasteiger partial charge in [-0.2, -0.15) is 0 Å². The monoisotopic (exact) mass is 1200 g/mol. The van der Waals surface area contributed by atoms with Crippen molar-refractivity contribution in [2.75, 3.05) is 106 Å². The van der Waals surface area contributed by atoms with Gasteiger partial charge in [0.05, 0.1) is 59.5 Å². The standard InChI is InChI=1S/C24H32Cl2N2O4.C14H20Cl2N2O2.C10H12O3.C7H8O2.C3H5ClO/c1-17-2-4-21(5-3-17)31-15-19(29)13-27-18-8-10-28(11-9-18)14-20(30)16-32-22-6-7-23(25)24(26)12-22;15-13-2-1-12(7-14(13)16)20-9-11(19)8-18-5-3-10(17)4-6-18;1-11-8-2-4-9(5-3-8)12-6-10-7-13-10;1-9-7-4-2-6(8)3-5-7;4-1-3-2-5-3/h2-7,12,18-20,27,29-30H,8-11,13-16H2,1H3;1-2,7,10-11,19H,3-6,8-9,17H2;2-5,10H,6-7H2,1H3;2-5,8H,1H3;3H,1-2H2/t19-,20-;11-;10-;;3-/m001.1/s1. The second-order valence-electron chi connectivity index (χ2n) is 19.2. The number of aryl methyl sites for hydroxylation is 1. The van der Waals surface area contributed by atoms with Crippen LogP contribution in [0.15, 0.2) is 109 Å². The molecule has 4 saturated heterocycles. The molecule has 0 aliphatic carbocycles. The lowest BCUT2D eigenvalue weighted by Crippen LogP contribution is -2.47. The van der Waals surface area contributed by atoms with E-state index in [9.17, 15) is 15.3 Å². The highest BCUT2D eigenvalue weighted by Gasteiger charge is 2.24. The lowest BCUT2D eigenvalue weighted by atomic mass is 10.0. The van der Waals surface area contributed by atoms with Crippen molar-refractivity contribution in [1.82, 2.24) is 15.1 Å². The van der Waals surface area contributed by atoms with Crippen LogP contribution in [0, 0.1) is 6.92 Å². The molecule has 5 aromatic carbocycles. The number of piperidine rings is 2. The molecular formula is C58H77Cl5N4O12. The molecule has 4 aliphatic rings. The lowest BCUT2D eigenvalue weighted by Gasteiger charge is -2.33. The Bertz CT molecular complexity index is 2430. The van der Waals surface area contributed by atoms with Crippen molar-refractivity contribution < 1.29 is 58.3 Å². The summed E-state index contributed by atoms with van der Waals surface area (Å²) in [5.41, 5.74) is 7.03. The van der Waals surface area contributed by atoms with E-state index in [1.165, 1.54) is 5.56 Å². The highest BCUT2D eigenvalue weighted by molar-refractivity contribution is 6.42. The van der Waals surface area contributed by atoms with E-state index in [1.54, 1.807) is 74.9 Å². The molecule has 0 spiro atoms. The molecule has 5 aromatic rings. The molecule has 0 saturated carbocycles. The minimum Gasteiger partial charge on any atom is -0.508 e. The third kappa shape index (κ3) is 27.9. The van der Waals surface area contributed by atoms with Crippen LogP contribution in [0.25, 0.3) is 0 Å². The van der Waals surface area contributed by atoms with E-state index in [0.29, 0.717) is 88.0 Å². The summed E-state index contributed by atoms with van der Waals surface area (Å²) in [5, 5.41) is 44.6. The van der Waals surface area contributed by atoms with Crippen molar-refractivity contribution in [1.29, 1.82) is 0 Å². The number of epoxide rings is 2. The van der Waals surface area contributed by atoms with E-state index in [1.807, 2.05) is 55.5 Å². The van der Waals surface area contributed by atoms with Gasteiger partial charge in [0.2, 0.25) is 0 Å². The van der Waals surface area contributed by atoms with Gasteiger partial charge in [0, 0.05) is 43.9 Å². The number of nitrogens with zero attached hydrogens (tertiary/aromatic N) is 2. The van der Waals surface area contributed by atoms with Gasteiger partial charge in [0.1, 0.15) is 91.1 Å². The zero-order valence-electron chi connectivity index (χ0n) is 45.1. The van der Waals surface area contributed by atoms with Crippen LogP contribution < -0.4 is 39.5 Å². The van der Waals surface area contributed by atoms with Gasteiger partial charge in [0.15, 0.2) is 0 Å². The smallest absolute Gasteiger partial charge is 0.121 e. The van der Waals surface area contributed by atoms with E-state index in [2.05, 4.69) is 15.1 Å². The number of aliphatic hydroxyl groups is 3. The third-order valence-corrected chi connectivity index (χ3v) is 14.3. The fraction of sp³-hybridized carbons (Fsp3) is 0.483. The minimum absolute atomic E-state index is 0.198. The zero-order valence-corrected chi connectivity index (χ0v) is 48.9. The van der Waals surface area contributed by atoms with Gasteiger partial charge in [-0.1, -0.05) is 64.1 Å². The first-order valence-electron chi connectivity index (χ1n) is 26.3. The number of alkyl halides is 1. The van der Waals surface area contributed by atoms with Crippen molar-refractivity contribution in [3.63, 3.8) is 0 Å². The normalized spacial score (nSPS) is 18.2. The van der Waals surface area contributed by atoms with Gasteiger partial charge >= 0.3 is 0 Å². The summed E-state index contributed by atoms with van der Waals surface area (Å²) in [4.78, 5) is 4.45. The number of phenolic OH excluding ortho intramolecular Hbond substituents is 1. The van der Waals surface area contributed by atoms with E-state index >= 15 is 0 Å². The molecule has 5 atom stereocenters. The second-order valence-corrected chi connectivity index (χ2v) is 21.2. The SMILES string of the molecule is COc1ccc(O)cc1.COc1ccc(OC[C@@H]2CO2)cc1.Cc1ccc(OC[C@@H](O)CNC2CCN(C[C@H](O)COc3ccc(Cl)c(Cl)c3)CC2)cc1.ClC[C@@H]1CO1.NC1CCN(C[C@H](O)COc2ccc(Cl)c(Cl)c2)CC1. The molecule has 9 rings (SSSR count). The summed E-state index contributed by atoms with van der Waals surface area (Å²) in [6, 6.07) is 32.7. The van der Waals surface area contributed by atoms with E-state index in [4.69, 9.17) is 107 Å². The Morgan fingerprint density at radius 3 is 1.41 bits per heavy atom. The number of methoxy groups -OCH3 is 2.